The number of H-pyrrole nitrogens is 1. The Morgan fingerprint density at radius 2 is 2.14 bits per heavy atom. The second kappa shape index (κ2) is 9.37. The third-order valence-electron chi connectivity index (χ3n) is 5.46. The van der Waals surface area contributed by atoms with E-state index in [-0.39, 0.29) is 17.8 Å². The molecule has 2 saturated heterocycles. The van der Waals surface area contributed by atoms with Crippen LogP contribution in [0.15, 0.2) is 30.3 Å². The van der Waals surface area contributed by atoms with Gasteiger partial charge in [-0.2, -0.15) is 5.10 Å². The van der Waals surface area contributed by atoms with E-state index in [1.807, 2.05) is 11.0 Å². The zero-order chi connectivity index (χ0) is 20.1. The third kappa shape index (κ3) is 5.13. The average molecular weight is 402 g/mol. The molecule has 156 valence electrons. The first-order valence-corrected chi connectivity index (χ1v) is 10.2. The maximum atomic E-state index is 13.2. The molecule has 2 aliphatic rings. The summed E-state index contributed by atoms with van der Waals surface area (Å²) >= 11 is 0. The summed E-state index contributed by atoms with van der Waals surface area (Å²) in [5, 5.41) is 7.50. The monoisotopic (exact) mass is 402 g/mol. The van der Waals surface area contributed by atoms with Crippen molar-refractivity contribution < 1.29 is 18.7 Å². The van der Waals surface area contributed by atoms with Crippen molar-refractivity contribution in [1.29, 1.82) is 0 Å². The normalized spacial score (nSPS) is 20.2. The Balaban J connectivity index is 1.31. The first-order valence-electron chi connectivity index (χ1n) is 10.2. The summed E-state index contributed by atoms with van der Waals surface area (Å²) in [6, 6.07) is 8.16. The molecule has 29 heavy (non-hydrogen) atoms. The number of ether oxygens (including phenoxy) is 2. The van der Waals surface area contributed by atoms with E-state index in [4.69, 9.17) is 9.47 Å². The Labute approximate surface area is 169 Å². The molecule has 1 N–H and O–H groups in total. The number of aromatic nitrogens is 2. The van der Waals surface area contributed by atoms with Crippen LogP contribution in [0.25, 0.3) is 0 Å². The van der Waals surface area contributed by atoms with Gasteiger partial charge in [0.2, 0.25) is 5.91 Å². The lowest BCUT2D eigenvalue weighted by Crippen LogP contribution is -2.44. The number of hydrogen-bond donors (Lipinski definition) is 1. The van der Waals surface area contributed by atoms with Gasteiger partial charge in [0.15, 0.2) is 0 Å². The average Bonchev–Trinajstić information content (AvgIpc) is 3.38. The Morgan fingerprint density at radius 3 is 2.97 bits per heavy atom. The van der Waals surface area contributed by atoms with Crippen LogP contribution in [0.1, 0.15) is 30.3 Å². The van der Waals surface area contributed by atoms with Crippen LogP contribution in [-0.4, -0.2) is 71.9 Å². The van der Waals surface area contributed by atoms with Crippen LogP contribution in [0, 0.1) is 5.82 Å². The molecule has 1 amide bonds. The SMILES string of the molecule is O=C(CN1CCOCC1)N1CCCC1c1cc(CCOc2cccc(F)c2)[nH]n1. The van der Waals surface area contributed by atoms with Crippen LogP contribution < -0.4 is 4.74 Å². The molecule has 0 radical (unpaired) electrons. The Hall–Kier alpha value is -2.45. The summed E-state index contributed by atoms with van der Waals surface area (Å²) in [7, 11) is 0. The van der Waals surface area contributed by atoms with Gasteiger partial charge in [-0.15, -0.1) is 0 Å². The number of rotatable bonds is 7. The molecule has 2 aliphatic heterocycles. The van der Waals surface area contributed by atoms with Crippen LogP contribution in [0.2, 0.25) is 0 Å². The van der Waals surface area contributed by atoms with E-state index in [1.54, 1.807) is 12.1 Å². The summed E-state index contributed by atoms with van der Waals surface area (Å²) in [5.41, 5.74) is 1.85. The summed E-state index contributed by atoms with van der Waals surface area (Å²) < 4.78 is 24.2. The first kappa shape index (κ1) is 19.8. The van der Waals surface area contributed by atoms with Gasteiger partial charge in [-0.05, 0) is 31.0 Å². The van der Waals surface area contributed by atoms with Crippen LogP contribution in [-0.2, 0) is 16.0 Å². The molecule has 8 heteroatoms. The van der Waals surface area contributed by atoms with Gasteiger partial charge in [0, 0.05) is 37.8 Å². The van der Waals surface area contributed by atoms with Crippen molar-refractivity contribution >= 4 is 5.91 Å². The minimum absolute atomic E-state index is 0.0256. The van der Waals surface area contributed by atoms with Gasteiger partial charge >= 0.3 is 0 Å². The lowest BCUT2D eigenvalue weighted by molar-refractivity contribution is -0.134. The first-order chi connectivity index (χ1) is 14.2. The maximum Gasteiger partial charge on any atom is 0.237 e. The highest BCUT2D eigenvalue weighted by atomic mass is 19.1. The number of carbonyl (C=O) groups excluding carboxylic acids is 1. The number of morpholine rings is 1. The van der Waals surface area contributed by atoms with E-state index < -0.39 is 0 Å². The molecule has 2 aromatic rings. The number of benzene rings is 1. The van der Waals surface area contributed by atoms with Gasteiger partial charge < -0.3 is 14.4 Å². The van der Waals surface area contributed by atoms with E-state index in [1.165, 1.54) is 12.1 Å². The van der Waals surface area contributed by atoms with Gasteiger partial charge in [0.25, 0.3) is 0 Å². The molecular formula is C21H27FN4O3. The fourth-order valence-electron chi connectivity index (χ4n) is 3.93. The molecule has 3 heterocycles. The van der Waals surface area contributed by atoms with Crippen molar-refractivity contribution in [3.05, 3.63) is 47.5 Å². The standard InChI is InChI=1S/C21H27FN4O3/c22-16-3-1-4-18(13-16)29-10-6-17-14-19(24-23-17)20-5-2-7-26(20)21(27)15-25-8-11-28-12-9-25/h1,3-4,13-14,20H,2,5-12,15H2,(H,23,24). The number of halogens is 1. The highest BCUT2D eigenvalue weighted by Gasteiger charge is 2.32. The molecule has 2 fully saturated rings. The summed E-state index contributed by atoms with van der Waals surface area (Å²) in [6.07, 6.45) is 2.56. The molecule has 1 atom stereocenters. The van der Waals surface area contributed by atoms with Gasteiger partial charge in [0.05, 0.1) is 38.1 Å². The minimum Gasteiger partial charge on any atom is -0.493 e. The predicted molar refractivity (Wildman–Crippen MR) is 105 cm³/mol. The molecule has 7 nitrogen and oxygen atoms in total. The lowest BCUT2D eigenvalue weighted by atomic mass is 10.1. The predicted octanol–water partition coefficient (Wildman–Crippen LogP) is 2.17. The molecule has 0 aliphatic carbocycles. The fourth-order valence-corrected chi connectivity index (χ4v) is 3.93. The van der Waals surface area contributed by atoms with Gasteiger partial charge in [-0.3, -0.25) is 14.8 Å². The van der Waals surface area contributed by atoms with Crippen molar-refractivity contribution in [1.82, 2.24) is 20.0 Å². The van der Waals surface area contributed by atoms with E-state index in [0.29, 0.717) is 38.5 Å². The Kier molecular flexibility index (Phi) is 6.41. The number of amides is 1. The van der Waals surface area contributed by atoms with E-state index in [0.717, 1.165) is 43.9 Å². The second-order valence-corrected chi connectivity index (χ2v) is 7.51. The number of hydrogen-bond acceptors (Lipinski definition) is 5. The number of likely N-dealkylation sites (tertiary alicyclic amines) is 1. The summed E-state index contributed by atoms with van der Waals surface area (Å²) in [6.45, 7) is 4.64. The van der Waals surface area contributed by atoms with Crippen LogP contribution in [0.4, 0.5) is 4.39 Å². The van der Waals surface area contributed by atoms with E-state index in [9.17, 15) is 9.18 Å². The van der Waals surface area contributed by atoms with Crippen molar-refractivity contribution in [2.24, 2.45) is 0 Å². The molecule has 1 aromatic carbocycles. The number of nitrogens with one attached hydrogen (secondary N) is 1. The van der Waals surface area contributed by atoms with Crippen molar-refractivity contribution in [3.8, 4) is 5.75 Å². The Bertz CT molecular complexity index is 822. The highest BCUT2D eigenvalue weighted by Crippen LogP contribution is 2.31. The quantitative estimate of drug-likeness (QED) is 0.769. The summed E-state index contributed by atoms with van der Waals surface area (Å²) in [5.74, 6) is 0.364. The van der Waals surface area contributed by atoms with Crippen LogP contribution >= 0.6 is 0 Å². The molecule has 1 aromatic heterocycles. The molecular weight excluding hydrogens is 375 g/mol. The summed E-state index contributed by atoms with van der Waals surface area (Å²) in [4.78, 5) is 16.9. The molecule has 4 rings (SSSR count). The maximum absolute atomic E-state index is 13.2. The zero-order valence-corrected chi connectivity index (χ0v) is 16.5. The third-order valence-corrected chi connectivity index (χ3v) is 5.46. The van der Waals surface area contributed by atoms with Gasteiger partial charge in [-0.25, -0.2) is 4.39 Å². The number of aromatic amines is 1. The smallest absolute Gasteiger partial charge is 0.237 e. The van der Waals surface area contributed by atoms with Crippen molar-refractivity contribution in [2.45, 2.75) is 25.3 Å². The molecule has 0 bridgehead atoms. The van der Waals surface area contributed by atoms with Crippen molar-refractivity contribution in [2.75, 3.05) is 46.0 Å². The number of carbonyl (C=O) groups is 1. The number of nitrogens with zero attached hydrogens (tertiary/aromatic N) is 3. The second-order valence-electron chi connectivity index (χ2n) is 7.51. The van der Waals surface area contributed by atoms with E-state index in [2.05, 4.69) is 15.1 Å². The molecule has 1 unspecified atom stereocenters. The van der Waals surface area contributed by atoms with E-state index >= 15 is 0 Å². The molecule has 0 saturated carbocycles. The minimum atomic E-state index is -0.311. The zero-order valence-electron chi connectivity index (χ0n) is 16.5. The van der Waals surface area contributed by atoms with Crippen molar-refractivity contribution in [3.63, 3.8) is 0 Å². The largest absolute Gasteiger partial charge is 0.493 e. The van der Waals surface area contributed by atoms with Gasteiger partial charge in [0.1, 0.15) is 11.6 Å². The molecule has 0 spiro atoms. The van der Waals surface area contributed by atoms with Gasteiger partial charge in [-0.1, -0.05) is 6.07 Å². The fraction of sp³-hybridized carbons (Fsp3) is 0.524. The highest BCUT2D eigenvalue weighted by molar-refractivity contribution is 5.79. The lowest BCUT2D eigenvalue weighted by Gasteiger charge is -2.30. The Morgan fingerprint density at radius 1 is 1.28 bits per heavy atom. The van der Waals surface area contributed by atoms with Crippen LogP contribution in [0.3, 0.4) is 0 Å². The van der Waals surface area contributed by atoms with Crippen LogP contribution in [0.5, 0.6) is 5.75 Å². The topological polar surface area (TPSA) is 70.7 Å².